The van der Waals surface area contributed by atoms with Gasteiger partial charge in [0.25, 0.3) is 0 Å². The van der Waals surface area contributed by atoms with E-state index in [9.17, 15) is 8.42 Å². The van der Waals surface area contributed by atoms with Crippen molar-refractivity contribution in [1.82, 2.24) is 9.62 Å². The van der Waals surface area contributed by atoms with Crippen molar-refractivity contribution < 1.29 is 13.2 Å². The fourth-order valence-electron chi connectivity index (χ4n) is 1.50. The Morgan fingerprint density at radius 3 is 2.42 bits per heavy atom. The third kappa shape index (κ3) is 4.49. The minimum atomic E-state index is -3.37. The zero-order valence-corrected chi connectivity index (χ0v) is 12.5. The van der Waals surface area contributed by atoms with E-state index in [2.05, 4.69) is 5.32 Å². The molecule has 0 aromatic heterocycles. The monoisotopic (exact) mass is 286 g/mol. The summed E-state index contributed by atoms with van der Waals surface area (Å²) in [5.74, 6) is 0.689. The summed E-state index contributed by atoms with van der Waals surface area (Å²) in [6.07, 6.45) is 0.912. The van der Waals surface area contributed by atoms with E-state index in [0.29, 0.717) is 23.8 Å². The standard InChI is InChI=1S/C13H22N2O3S/c1-4-15(3)19(16,17)13-8-6-12(7-9-13)18-11-5-10-14-2/h6-9,14H,4-5,10-11H2,1-3H3. The molecule has 0 aliphatic carbocycles. The van der Waals surface area contributed by atoms with Crippen LogP contribution in [-0.4, -0.2) is 46.5 Å². The molecule has 0 bridgehead atoms. The molecule has 1 rings (SSSR count). The summed E-state index contributed by atoms with van der Waals surface area (Å²) in [6.45, 7) is 3.76. The van der Waals surface area contributed by atoms with Crippen LogP contribution in [-0.2, 0) is 10.0 Å². The van der Waals surface area contributed by atoms with Gasteiger partial charge in [-0.3, -0.25) is 0 Å². The van der Waals surface area contributed by atoms with Crippen molar-refractivity contribution in [1.29, 1.82) is 0 Å². The van der Waals surface area contributed by atoms with Crippen molar-refractivity contribution in [3.63, 3.8) is 0 Å². The second kappa shape index (κ2) is 7.47. The smallest absolute Gasteiger partial charge is 0.242 e. The molecule has 0 aliphatic rings. The zero-order chi connectivity index (χ0) is 14.3. The van der Waals surface area contributed by atoms with Crippen molar-refractivity contribution in [2.45, 2.75) is 18.2 Å². The van der Waals surface area contributed by atoms with E-state index in [1.54, 1.807) is 38.2 Å². The second-order valence-corrected chi connectivity index (χ2v) is 6.24. The van der Waals surface area contributed by atoms with Crippen LogP contribution in [0, 0.1) is 0 Å². The first-order valence-corrected chi connectivity index (χ1v) is 7.80. The molecule has 5 nitrogen and oxygen atoms in total. The number of nitrogens with zero attached hydrogens (tertiary/aromatic N) is 1. The number of rotatable bonds is 8. The van der Waals surface area contributed by atoms with Crippen LogP contribution in [0.1, 0.15) is 13.3 Å². The van der Waals surface area contributed by atoms with Gasteiger partial charge < -0.3 is 10.1 Å². The van der Waals surface area contributed by atoms with Gasteiger partial charge in [0, 0.05) is 13.6 Å². The van der Waals surface area contributed by atoms with E-state index in [1.165, 1.54) is 4.31 Å². The Morgan fingerprint density at radius 2 is 1.89 bits per heavy atom. The van der Waals surface area contributed by atoms with Gasteiger partial charge in [-0.2, -0.15) is 0 Å². The number of nitrogens with one attached hydrogen (secondary N) is 1. The lowest BCUT2D eigenvalue weighted by molar-refractivity contribution is 0.309. The lowest BCUT2D eigenvalue weighted by Gasteiger charge is -2.15. The van der Waals surface area contributed by atoms with E-state index in [1.807, 2.05) is 7.05 Å². The van der Waals surface area contributed by atoms with Gasteiger partial charge in [0.1, 0.15) is 5.75 Å². The van der Waals surface area contributed by atoms with Gasteiger partial charge in [0.05, 0.1) is 11.5 Å². The van der Waals surface area contributed by atoms with Crippen molar-refractivity contribution in [3.8, 4) is 5.75 Å². The van der Waals surface area contributed by atoms with Crippen molar-refractivity contribution >= 4 is 10.0 Å². The first-order valence-electron chi connectivity index (χ1n) is 6.36. The van der Waals surface area contributed by atoms with Crippen LogP contribution in [0.15, 0.2) is 29.2 Å². The van der Waals surface area contributed by atoms with Crippen LogP contribution in [0.25, 0.3) is 0 Å². The molecule has 0 amide bonds. The van der Waals surface area contributed by atoms with Crippen LogP contribution in [0.4, 0.5) is 0 Å². The average molecular weight is 286 g/mol. The topological polar surface area (TPSA) is 58.6 Å². The van der Waals surface area contributed by atoms with Gasteiger partial charge in [-0.1, -0.05) is 6.92 Å². The predicted molar refractivity (Wildman–Crippen MR) is 76.0 cm³/mol. The molecular weight excluding hydrogens is 264 g/mol. The van der Waals surface area contributed by atoms with Crippen LogP contribution >= 0.6 is 0 Å². The number of benzene rings is 1. The molecule has 0 saturated heterocycles. The lowest BCUT2D eigenvalue weighted by Crippen LogP contribution is -2.26. The first-order chi connectivity index (χ1) is 9.02. The highest BCUT2D eigenvalue weighted by molar-refractivity contribution is 7.89. The second-order valence-electron chi connectivity index (χ2n) is 4.20. The van der Waals surface area contributed by atoms with Gasteiger partial charge in [-0.25, -0.2) is 12.7 Å². The Labute approximate surface area is 115 Å². The number of hydrogen-bond donors (Lipinski definition) is 1. The van der Waals surface area contributed by atoms with Crippen molar-refractivity contribution in [2.75, 3.05) is 33.8 Å². The maximum absolute atomic E-state index is 12.1. The fraction of sp³-hybridized carbons (Fsp3) is 0.538. The number of sulfonamides is 1. The minimum Gasteiger partial charge on any atom is -0.494 e. The molecule has 0 unspecified atom stereocenters. The average Bonchev–Trinajstić information content (AvgIpc) is 2.43. The Kier molecular flexibility index (Phi) is 6.27. The quantitative estimate of drug-likeness (QED) is 0.732. The van der Waals surface area contributed by atoms with Crippen LogP contribution < -0.4 is 10.1 Å². The predicted octanol–water partition coefficient (Wildman–Crippen LogP) is 1.32. The number of ether oxygens (including phenoxy) is 1. The molecule has 0 heterocycles. The molecule has 0 fully saturated rings. The van der Waals surface area contributed by atoms with Gasteiger partial charge in [0.2, 0.25) is 10.0 Å². The summed E-state index contributed by atoms with van der Waals surface area (Å²) in [4.78, 5) is 0.291. The van der Waals surface area contributed by atoms with Crippen molar-refractivity contribution in [2.24, 2.45) is 0 Å². The summed E-state index contributed by atoms with van der Waals surface area (Å²) in [7, 11) is 0.0925. The highest BCUT2D eigenvalue weighted by Gasteiger charge is 2.18. The Bertz CT molecular complexity index is 471. The van der Waals surface area contributed by atoms with E-state index in [0.717, 1.165) is 13.0 Å². The molecular formula is C13H22N2O3S. The Balaban J connectivity index is 2.66. The van der Waals surface area contributed by atoms with Gasteiger partial charge in [0.15, 0.2) is 0 Å². The molecule has 0 atom stereocenters. The molecule has 1 N–H and O–H groups in total. The number of hydrogen-bond acceptors (Lipinski definition) is 4. The molecule has 108 valence electrons. The van der Waals surface area contributed by atoms with Crippen LogP contribution in [0.2, 0.25) is 0 Å². The molecule has 0 aliphatic heterocycles. The Hall–Kier alpha value is -1.11. The molecule has 0 spiro atoms. The van der Waals surface area contributed by atoms with Gasteiger partial charge >= 0.3 is 0 Å². The summed E-state index contributed by atoms with van der Waals surface area (Å²) >= 11 is 0. The molecule has 0 saturated carbocycles. The summed E-state index contributed by atoms with van der Waals surface area (Å²) < 4.78 is 30.9. The first kappa shape index (κ1) is 15.9. The van der Waals surface area contributed by atoms with E-state index in [4.69, 9.17) is 4.74 Å². The van der Waals surface area contributed by atoms with Gasteiger partial charge in [-0.15, -0.1) is 0 Å². The van der Waals surface area contributed by atoms with Crippen LogP contribution in [0.5, 0.6) is 5.75 Å². The fourth-order valence-corrected chi connectivity index (χ4v) is 2.68. The third-order valence-electron chi connectivity index (χ3n) is 2.82. The highest BCUT2D eigenvalue weighted by Crippen LogP contribution is 2.18. The SMILES string of the molecule is CCN(C)S(=O)(=O)c1ccc(OCCCNC)cc1. The normalized spacial score (nSPS) is 11.8. The lowest BCUT2D eigenvalue weighted by atomic mass is 10.3. The summed E-state index contributed by atoms with van der Waals surface area (Å²) in [5, 5.41) is 3.04. The summed E-state index contributed by atoms with van der Waals surface area (Å²) in [5.41, 5.74) is 0. The van der Waals surface area contributed by atoms with E-state index in [-0.39, 0.29) is 0 Å². The van der Waals surface area contributed by atoms with Crippen LogP contribution in [0.3, 0.4) is 0 Å². The molecule has 19 heavy (non-hydrogen) atoms. The maximum Gasteiger partial charge on any atom is 0.242 e. The maximum atomic E-state index is 12.1. The zero-order valence-electron chi connectivity index (χ0n) is 11.7. The third-order valence-corrected chi connectivity index (χ3v) is 4.76. The minimum absolute atomic E-state index is 0.291. The molecule has 6 heteroatoms. The van der Waals surface area contributed by atoms with E-state index < -0.39 is 10.0 Å². The van der Waals surface area contributed by atoms with E-state index >= 15 is 0 Å². The Morgan fingerprint density at radius 1 is 1.26 bits per heavy atom. The molecule has 1 aromatic rings. The van der Waals surface area contributed by atoms with Crippen molar-refractivity contribution in [3.05, 3.63) is 24.3 Å². The largest absolute Gasteiger partial charge is 0.494 e. The summed E-state index contributed by atoms with van der Waals surface area (Å²) in [6, 6.07) is 6.54. The highest BCUT2D eigenvalue weighted by atomic mass is 32.2. The molecule has 0 radical (unpaired) electrons. The molecule has 1 aromatic carbocycles. The van der Waals surface area contributed by atoms with Gasteiger partial charge in [-0.05, 0) is 44.3 Å².